The highest BCUT2D eigenvalue weighted by Crippen LogP contribution is 2.18. The van der Waals surface area contributed by atoms with Gasteiger partial charge in [-0.25, -0.2) is 0 Å². The Hall–Kier alpha value is -2.95. The highest BCUT2D eigenvalue weighted by atomic mass is 16.4. The van der Waals surface area contributed by atoms with Gasteiger partial charge in [0.25, 0.3) is 5.91 Å². The average molecular weight is 321 g/mol. The summed E-state index contributed by atoms with van der Waals surface area (Å²) < 4.78 is 5.65. The number of nitrogens with zero attached hydrogens (tertiary/aromatic N) is 2. The van der Waals surface area contributed by atoms with Gasteiger partial charge in [-0.1, -0.05) is 35.9 Å². The minimum Gasteiger partial charge on any atom is -0.421 e. The molecule has 0 fully saturated rings. The molecule has 122 valence electrons. The predicted octanol–water partition coefficient (Wildman–Crippen LogP) is 3.33. The van der Waals surface area contributed by atoms with E-state index >= 15 is 0 Å². The third-order valence-corrected chi connectivity index (χ3v) is 3.78. The van der Waals surface area contributed by atoms with Gasteiger partial charge in [0, 0.05) is 24.1 Å². The van der Waals surface area contributed by atoms with Gasteiger partial charge >= 0.3 is 0 Å². The smallest absolute Gasteiger partial charge is 0.251 e. The number of carbonyl (C=O) groups excluding carboxylic acids is 1. The van der Waals surface area contributed by atoms with Crippen LogP contribution in [0.15, 0.2) is 52.9 Å². The van der Waals surface area contributed by atoms with E-state index in [4.69, 9.17) is 4.42 Å². The molecule has 5 nitrogen and oxygen atoms in total. The molecule has 1 aromatic heterocycles. The molecule has 3 aromatic rings. The number of aryl methyl sites for hydroxylation is 2. The van der Waals surface area contributed by atoms with Crippen molar-refractivity contribution in [1.82, 2.24) is 15.5 Å². The molecule has 1 heterocycles. The maximum atomic E-state index is 12.1. The molecule has 0 unspecified atom stereocenters. The van der Waals surface area contributed by atoms with Gasteiger partial charge in [-0.3, -0.25) is 4.79 Å². The van der Waals surface area contributed by atoms with E-state index in [2.05, 4.69) is 15.5 Å². The summed E-state index contributed by atoms with van der Waals surface area (Å²) in [5, 5.41) is 11.0. The number of carbonyl (C=O) groups is 1. The van der Waals surface area contributed by atoms with Crippen LogP contribution in [0.1, 0.15) is 27.4 Å². The van der Waals surface area contributed by atoms with E-state index in [1.54, 1.807) is 0 Å². The maximum Gasteiger partial charge on any atom is 0.251 e. The molecule has 5 heteroatoms. The fraction of sp³-hybridized carbons (Fsp3) is 0.211. The Kier molecular flexibility index (Phi) is 4.70. The van der Waals surface area contributed by atoms with Gasteiger partial charge in [0.2, 0.25) is 11.8 Å². The zero-order valence-corrected chi connectivity index (χ0v) is 13.7. The zero-order valence-electron chi connectivity index (χ0n) is 13.7. The van der Waals surface area contributed by atoms with Crippen molar-refractivity contribution in [2.45, 2.75) is 20.3 Å². The van der Waals surface area contributed by atoms with Gasteiger partial charge in [-0.15, -0.1) is 10.2 Å². The Morgan fingerprint density at radius 3 is 2.54 bits per heavy atom. The summed E-state index contributed by atoms with van der Waals surface area (Å²) in [5.41, 5.74) is 3.71. The second kappa shape index (κ2) is 7.08. The second-order valence-corrected chi connectivity index (χ2v) is 5.69. The van der Waals surface area contributed by atoms with Gasteiger partial charge in [0.05, 0.1) is 0 Å². The number of amides is 1. The van der Waals surface area contributed by atoms with E-state index in [-0.39, 0.29) is 5.91 Å². The predicted molar refractivity (Wildman–Crippen MR) is 91.7 cm³/mol. The Balaban J connectivity index is 1.57. The van der Waals surface area contributed by atoms with Gasteiger partial charge in [0.15, 0.2) is 0 Å². The van der Waals surface area contributed by atoms with Crippen molar-refractivity contribution in [3.8, 4) is 11.5 Å². The van der Waals surface area contributed by atoms with Crippen molar-refractivity contribution in [1.29, 1.82) is 0 Å². The van der Waals surface area contributed by atoms with Crippen molar-refractivity contribution in [3.05, 3.63) is 71.1 Å². The maximum absolute atomic E-state index is 12.1. The lowest BCUT2D eigenvalue weighted by Crippen LogP contribution is -2.26. The molecule has 0 spiro atoms. The van der Waals surface area contributed by atoms with Gasteiger partial charge < -0.3 is 9.73 Å². The molecule has 1 amide bonds. The summed E-state index contributed by atoms with van der Waals surface area (Å²) in [6, 6.07) is 15.4. The summed E-state index contributed by atoms with van der Waals surface area (Å²) in [7, 11) is 0. The van der Waals surface area contributed by atoms with E-state index in [1.165, 1.54) is 5.56 Å². The van der Waals surface area contributed by atoms with E-state index < -0.39 is 0 Å². The Morgan fingerprint density at radius 2 is 1.79 bits per heavy atom. The molecule has 0 radical (unpaired) electrons. The van der Waals surface area contributed by atoms with Crippen LogP contribution in [0.5, 0.6) is 0 Å². The standard InChI is InChI=1S/C19H19N3O2/c1-13-7-9-15(10-8-13)19-22-21-17(24-19)11-12-20-18(23)16-6-4-3-5-14(16)2/h3-10H,11-12H2,1-2H3,(H,20,23). The lowest BCUT2D eigenvalue weighted by Gasteiger charge is -2.06. The lowest BCUT2D eigenvalue weighted by molar-refractivity contribution is 0.0953. The third kappa shape index (κ3) is 3.68. The quantitative estimate of drug-likeness (QED) is 0.782. The molecule has 0 saturated heterocycles. The fourth-order valence-electron chi connectivity index (χ4n) is 2.37. The highest BCUT2D eigenvalue weighted by Gasteiger charge is 2.10. The van der Waals surface area contributed by atoms with E-state index in [9.17, 15) is 4.79 Å². The van der Waals surface area contributed by atoms with Crippen LogP contribution < -0.4 is 5.32 Å². The van der Waals surface area contributed by atoms with Gasteiger partial charge in [0.1, 0.15) is 0 Å². The average Bonchev–Trinajstić information content (AvgIpc) is 3.04. The number of hydrogen-bond donors (Lipinski definition) is 1. The Bertz CT molecular complexity index is 838. The van der Waals surface area contributed by atoms with Crippen molar-refractivity contribution in [3.63, 3.8) is 0 Å². The Labute approximate surface area is 140 Å². The summed E-state index contributed by atoms with van der Waals surface area (Å²) in [4.78, 5) is 12.1. The summed E-state index contributed by atoms with van der Waals surface area (Å²) in [5.74, 6) is 0.914. The molecule has 3 rings (SSSR count). The van der Waals surface area contributed by atoms with Crippen LogP contribution in [0.4, 0.5) is 0 Å². The molecule has 0 saturated carbocycles. The molecule has 0 bridgehead atoms. The highest BCUT2D eigenvalue weighted by molar-refractivity contribution is 5.95. The number of hydrogen-bond acceptors (Lipinski definition) is 4. The third-order valence-electron chi connectivity index (χ3n) is 3.78. The van der Waals surface area contributed by atoms with Crippen molar-refractivity contribution >= 4 is 5.91 Å². The van der Waals surface area contributed by atoms with Crippen LogP contribution in [0.25, 0.3) is 11.5 Å². The van der Waals surface area contributed by atoms with E-state index in [0.29, 0.717) is 30.3 Å². The lowest BCUT2D eigenvalue weighted by atomic mass is 10.1. The molecule has 2 aromatic carbocycles. The largest absolute Gasteiger partial charge is 0.421 e. The first-order valence-corrected chi connectivity index (χ1v) is 7.87. The molecule has 0 aliphatic heterocycles. The van der Waals surface area contributed by atoms with Crippen LogP contribution in [0.3, 0.4) is 0 Å². The van der Waals surface area contributed by atoms with Crippen LogP contribution in [-0.2, 0) is 6.42 Å². The zero-order chi connectivity index (χ0) is 16.9. The molecule has 24 heavy (non-hydrogen) atoms. The van der Waals surface area contributed by atoms with Gasteiger partial charge in [-0.05, 0) is 37.6 Å². The first kappa shape index (κ1) is 15.9. The van der Waals surface area contributed by atoms with Crippen LogP contribution in [0, 0.1) is 13.8 Å². The molecule has 0 atom stereocenters. The fourth-order valence-corrected chi connectivity index (χ4v) is 2.37. The number of rotatable bonds is 5. The van der Waals surface area contributed by atoms with Crippen LogP contribution in [0.2, 0.25) is 0 Å². The summed E-state index contributed by atoms with van der Waals surface area (Å²) in [6.07, 6.45) is 0.497. The molecule has 0 aliphatic rings. The molecule has 1 N–H and O–H groups in total. The van der Waals surface area contributed by atoms with Crippen LogP contribution in [-0.4, -0.2) is 22.6 Å². The number of benzene rings is 2. The van der Waals surface area contributed by atoms with Crippen molar-refractivity contribution in [2.75, 3.05) is 6.54 Å². The molecular weight excluding hydrogens is 302 g/mol. The monoisotopic (exact) mass is 321 g/mol. The minimum absolute atomic E-state index is 0.0913. The summed E-state index contributed by atoms with van der Waals surface area (Å²) in [6.45, 7) is 4.39. The first-order chi connectivity index (χ1) is 11.6. The summed E-state index contributed by atoms with van der Waals surface area (Å²) >= 11 is 0. The van der Waals surface area contributed by atoms with Gasteiger partial charge in [-0.2, -0.15) is 0 Å². The van der Waals surface area contributed by atoms with E-state index in [0.717, 1.165) is 11.1 Å². The second-order valence-electron chi connectivity index (χ2n) is 5.69. The topological polar surface area (TPSA) is 68.0 Å². The normalized spacial score (nSPS) is 10.6. The molecule has 0 aliphatic carbocycles. The van der Waals surface area contributed by atoms with E-state index in [1.807, 2.05) is 62.4 Å². The minimum atomic E-state index is -0.0913. The SMILES string of the molecule is Cc1ccc(-c2nnc(CCNC(=O)c3ccccc3C)o2)cc1. The van der Waals surface area contributed by atoms with Crippen molar-refractivity contribution in [2.24, 2.45) is 0 Å². The number of aromatic nitrogens is 2. The molecular formula is C19H19N3O2. The number of nitrogens with one attached hydrogen (secondary N) is 1. The first-order valence-electron chi connectivity index (χ1n) is 7.87. The Morgan fingerprint density at radius 1 is 1.04 bits per heavy atom. The van der Waals surface area contributed by atoms with Crippen LogP contribution >= 0.6 is 0 Å². The van der Waals surface area contributed by atoms with Crippen molar-refractivity contribution < 1.29 is 9.21 Å².